The Morgan fingerprint density at radius 3 is 3.00 bits per heavy atom. The highest BCUT2D eigenvalue weighted by Crippen LogP contribution is 2.09. The lowest BCUT2D eigenvalue weighted by Crippen LogP contribution is -2.18. The van der Waals surface area contributed by atoms with Gasteiger partial charge in [0, 0.05) is 11.3 Å². The molecule has 3 nitrogen and oxygen atoms in total. The number of nitrogens with one attached hydrogen (secondary N) is 1. The summed E-state index contributed by atoms with van der Waals surface area (Å²) in [6, 6.07) is 3.95. The van der Waals surface area contributed by atoms with Gasteiger partial charge in [0.1, 0.15) is 0 Å². The maximum absolute atomic E-state index is 11.1. The lowest BCUT2D eigenvalue weighted by molar-refractivity contribution is -0.121. The number of carbonyl (C=O) groups is 1. The first-order valence-electron chi connectivity index (χ1n) is 4.61. The molecule has 14 heavy (non-hydrogen) atoms. The second-order valence-electron chi connectivity index (χ2n) is 2.96. The van der Waals surface area contributed by atoms with E-state index in [9.17, 15) is 4.79 Å². The van der Waals surface area contributed by atoms with Crippen molar-refractivity contribution < 1.29 is 4.79 Å². The van der Waals surface area contributed by atoms with Gasteiger partial charge in [0.25, 0.3) is 0 Å². The van der Waals surface area contributed by atoms with Crippen LogP contribution >= 0.6 is 11.3 Å². The summed E-state index contributed by atoms with van der Waals surface area (Å²) in [5.74, 6) is -0.0246. The molecule has 0 atom stereocenters. The third-order valence-electron chi connectivity index (χ3n) is 1.70. The Morgan fingerprint density at radius 1 is 1.64 bits per heavy atom. The van der Waals surface area contributed by atoms with Crippen molar-refractivity contribution in [2.75, 3.05) is 0 Å². The first-order valence-corrected chi connectivity index (χ1v) is 5.49. The molecule has 0 spiro atoms. The highest BCUT2D eigenvalue weighted by atomic mass is 32.1. The summed E-state index contributed by atoms with van der Waals surface area (Å²) in [7, 11) is 0. The van der Waals surface area contributed by atoms with Crippen LogP contribution in [0.25, 0.3) is 0 Å². The Balaban J connectivity index is 2.49. The number of amides is 1. The zero-order valence-electron chi connectivity index (χ0n) is 8.41. The molecule has 4 heteroatoms. The van der Waals surface area contributed by atoms with E-state index in [1.165, 1.54) is 0 Å². The summed E-state index contributed by atoms with van der Waals surface area (Å²) in [4.78, 5) is 12.2. The smallest absolute Gasteiger partial charge is 0.240 e. The lowest BCUT2D eigenvalue weighted by Gasteiger charge is -1.98. The molecule has 0 aliphatic rings. The molecule has 76 valence electrons. The molecule has 0 fully saturated rings. The standard InChI is InChI=1S/C10H14N2OS/c1-3-5-10(13)12-11-8(2)9-6-4-7-14-9/h4,6-7H,3,5H2,1-2H3,(H,12,13)/b11-8+. The van der Waals surface area contributed by atoms with Gasteiger partial charge in [-0.1, -0.05) is 13.0 Å². The van der Waals surface area contributed by atoms with Crippen molar-refractivity contribution in [1.29, 1.82) is 0 Å². The highest BCUT2D eigenvalue weighted by molar-refractivity contribution is 7.12. The van der Waals surface area contributed by atoms with Crippen LogP contribution in [0.5, 0.6) is 0 Å². The first kappa shape index (κ1) is 10.9. The molecular formula is C10H14N2OS. The molecule has 0 aromatic carbocycles. The number of thiophene rings is 1. The minimum absolute atomic E-state index is 0.0246. The molecule has 0 aliphatic carbocycles. The zero-order chi connectivity index (χ0) is 10.4. The fourth-order valence-electron chi connectivity index (χ4n) is 0.969. The normalized spacial score (nSPS) is 11.4. The number of rotatable bonds is 4. The fraction of sp³-hybridized carbons (Fsp3) is 0.400. The molecule has 1 heterocycles. The van der Waals surface area contributed by atoms with E-state index in [-0.39, 0.29) is 5.91 Å². The van der Waals surface area contributed by atoms with Gasteiger partial charge in [-0.05, 0) is 24.8 Å². The van der Waals surface area contributed by atoms with Gasteiger partial charge in [0.2, 0.25) is 5.91 Å². The Morgan fingerprint density at radius 2 is 2.43 bits per heavy atom. The molecule has 0 aliphatic heterocycles. The molecule has 1 aromatic heterocycles. The van der Waals surface area contributed by atoms with Crippen LogP contribution in [0.2, 0.25) is 0 Å². The first-order chi connectivity index (χ1) is 6.74. The van der Waals surface area contributed by atoms with Gasteiger partial charge in [-0.15, -0.1) is 11.3 Å². The number of hydrazone groups is 1. The zero-order valence-corrected chi connectivity index (χ0v) is 9.23. The molecule has 0 bridgehead atoms. The van der Waals surface area contributed by atoms with Crippen molar-refractivity contribution in [2.45, 2.75) is 26.7 Å². The molecule has 0 saturated carbocycles. The van der Waals surface area contributed by atoms with Crippen LogP contribution in [-0.2, 0) is 4.79 Å². The predicted molar refractivity (Wildman–Crippen MR) is 59.6 cm³/mol. The van der Waals surface area contributed by atoms with Crippen molar-refractivity contribution in [1.82, 2.24) is 5.43 Å². The van der Waals surface area contributed by atoms with Gasteiger partial charge in [0.15, 0.2) is 0 Å². The van der Waals surface area contributed by atoms with E-state index in [0.29, 0.717) is 6.42 Å². The Kier molecular flexibility index (Phi) is 4.32. The van der Waals surface area contributed by atoms with Crippen LogP contribution in [0.4, 0.5) is 0 Å². The minimum atomic E-state index is -0.0246. The lowest BCUT2D eigenvalue weighted by atomic mass is 10.3. The summed E-state index contributed by atoms with van der Waals surface area (Å²) < 4.78 is 0. The van der Waals surface area contributed by atoms with Crippen LogP contribution in [0, 0.1) is 0 Å². The molecule has 0 radical (unpaired) electrons. The summed E-state index contributed by atoms with van der Waals surface area (Å²) in [6.45, 7) is 3.85. The van der Waals surface area contributed by atoms with Crippen molar-refractivity contribution in [3.05, 3.63) is 22.4 Å². The average molecular weight is 210 g/mol. The van der Waals surface area contributed by atoms with Crippen molar-refractivity contribution in [3.8, 4) is 0 Å². The second kappa shape index (κ2) is 5.54. The molecule has 1 aromatic rings. The third-order valence-corrected chi connectivity index (χ3v) is 2.68. The monoisotopic (exact) mass is 210 g/mol. The molecule has 0 unspecified atom stereocenters. The summed E-state index contributed by atoms with van der Waals surface area (Å²) in [5, 5.41) is 6.00. The van der Waals surface area contributed by atoms with Crippen molar-refractivity contribution in [3.63, 3.8) is 0 Å². The minimum Gasteiger partial charge on any atom is -0.273 e. The summed E-state index contributed by atoms with van der Waals surface area (Å²) in [5.41, 5.74) is 3.38. The quantitative estimate of drug-likeness (QED) is 0.601. The third kappa shape index (κ3) is 3.30. The molecule has 1 N–H and O–H groups in total. The number of hydrogen-bond acceptors (Lipinski definition) is 3. The van der Waals surface area contributed by atoms with E-state index in [2.05, 4.69) is 10.5 Å². The van der Waals surface area contributed by atoms with Crippen LogP contribution in [0.3, 0.4) is 0 Å². The predicted octanol–water partition coefficient (Wildman–Crippen LogP) is 2.39. The van der Waals surface area contributed by atoms with Gasteiger partial charge in [-0.2, -0.15) is 5.10 Å². The van der Waals surface area contributed by atoms with Crippen LogP contribution < -0.4 is 5.43 Å². The van der Waals surface area contributed by atoms with Crippen LogP contribution in [0.1, 0.15) is 31.6 Å². The van der Waals surface area contributed by atoms with Crippen LogP contribution in [-0.4, -0.2) is 11.6 Å². The van der Waals surface area contributed by atoms with Gasteiger partial charge in [-0.25, -0.2) is 5.43 Å². The van der Waals surface area contributed by atoms with E-state index in [0.717, 1.165) is 17.0 Å². The van der Waals surface area contributed by atoms with Gasteiger partial charge >= 0.3 is 0 Å². The summed E-state index contributed by atoms with van der Waals surface area (Å²) in [6.07, 6.45) is 1.38. The molecule has 1 amide bonds. The maximum Gasteiger partial charge on any atom is 0.240 e. The largest absolute Gasteiger partial charge is 0.273 e. The SMILES string of the molecule is CCCC(=O)N/N=C(\C)c1cccs1. The average Bonchev–Trinajstić information content (AvgIpc) is 2.67. The topological polar surface area (TPSA) is 41.5 Å². The fourth-order valence-corrected chi connectivity index (χ4v) is 1.65. The van der Waals surface area contributed by atoms with Crippen molar-refractivity contribution >= 4 is 23.0 Å². The van der Waals surface area contributed by atoms with E-state index >= 15 is 0 Å². The van der Waals surface area contributed by atoms with Gasteiger partial charge in [-0.3, -0.25) is 4.79 Å². The molecule has 0 saturated heterocycles. The Hall–Kier alpha value is -1.16. The highest BCUT2D eigenvalue weighted by Gasteiger charge is 1.99. The van der Waals surface area contributed by atoms with E-state index in [1.807, 2.05) is 31.4 Å². The molecular weight excluding hydrogens is 196 g/mol. The van der Waals surface area contributed by atoms with E-state index in [4.69, 9.17) is 0 Å². The van der Waals surface area contributed by atoms with Gasteiger partial charge < -0.3 is 0 Å². The summed E-state index contributed by atoms with van der Waals surface area (Å²) >= 11 is 1.61. The van der Waals surface area contributed by atoms with E-state index in [1.54, 1.807) is 11.3 Å². The Bertz CT molecular complexity index is 317. The number of carbonyl (C=O) groups excluding carboxylic acids is 1. The number of hydrogen-bond donors (Lipinski definition) is 1. The van der Waals surface area contributed by atoms with Gasteiger partial charge in [0.05, 0.1) is 5.71 Å². The Labute approximate surface area is 87.8 Å². The van der Waals surface area contributed by atoms with Crippen LogP contribution in [0.15, 0.2) is 22.6 Å². The number of nitrogens with zero attached hydrogens (tertiary/aromatic N) is 1. The van der Waals surface area contributed by atoms with Crippen molar-refractivity contribution in [2.24, 2.45) is 5.10 Å². The maximum atomic E-state index is 11.1. The molecule has 1 rings (SSSR count). The second-order valence-corrected chi connectivity index (χ2v) is 3.91. The van der Waals surface area contributed by atoms with E-state index < -0.39 is 0 Å².